The first-order valence-electron chi connectivity index (χ1n) is 7.67. The molecule has 1 aromatic carbocycles. The number of ether oxygens (including phenoxy) is 1. The van der Waals surface area contributed by atoms with E-state index in [-0.39, 0.29) is 11.8 Å². The number of benzene rings is 1. The molecule has 1 aromatic rings. The van der Waals surface area contributed by atoms with Gasteiger partial charge in [-0.1, -0.05) is 24.6 Å². The highest BCUT2D eigenvalue weighted by atomic mass is 19.3. The Morgan fingerprint density at radius 2 is 2.05 bits per heavy atom. The third-order valence-corrected chi connectivity index (χ3v) is 5.13. The first-order valence-corrected chi connectivity index (χ1v) is 7.67. The summed E-state index contributed by atoms with van der Waals surface area (Å²) in [7, 11) is 0. The fourth-order valence-corrected chi connectivity index (χ4v) is 4.22. The summed E-state index contributed by atoms with van der Waals surface area (Å²) in [4.78, 5) is 0. The molecule has 3 nitrogen and oxygen atoms in total. The SMILES string of the molecule is NNC(CC1CC2CCC1C2)c1ccccc1OC(F)F. The van der Waals surface area contributed by atoms with Gasteiger partial charge in [0.15, 0.2) is 0 Å². The summed E-state index contributed by atoms with van der Waals surface area (Å²) in [5.74, 6) is 8.20. The molecule has 4 atom stereocenters. The Morgan fingerprint density at radius 1 is 1.24 bits per heavy atom. The zero-order valence-electron chi connectivity index (χ0n) is 12.0. The lowest BCUT2D eigenvalue weighted by atomic mass is 9.83. The molecule has 2 saturated carbocycles. The van der Waals surface area contributed by atoms with E-state index in [9.17, 15) is 8.78 Å². The molecule has 0 heterocycles. The van der Waals surface area contributed by atoms with E-state index in [0.29, 0.717) is 5.92 Å². The quantitative estimate of drug-likeness (QED) is 0.622. The number of para-hydroxylation sites is 1. The Kier molecular flexibility index (Phi) is 4.40. The third kappa shape index (κ3) is 3.19. The molecular weight excluding hydrogens is 274 g/mol. The molecule has 4 unspecified atom stereocenters. The number of halogens is 2. The number of fused-ring (bicyclic) bond motifs is 2. The van der Waals surface area contributed by atoms with Crippen LogP contribution in [0, 0.1) is 17.8 Å². The average molecular weight is 296 g/mol. The van der Waals surface area contributed by atoms with E-state index in [0.717, 1.165) is 23.8 Å². The van der Waals surface area contributed by atoms with Crippen molar-refractivity contribution in [3.05, 3.63) is 29.8 Å². The van der Waals surface area contributed by atoms with Crippen LogP contribution in [0.3, 0.4) is 0 Å². The predicted octanol–water partition coefficient (Wildman–Crippen LogP) is 3.62. The van der Waals surface area contributed by atoms with E-state index in [4.69, 9.17) is 5.84 Å². The van der Waals surface area contributed by atoms with Crippen LogP contribution >= 0.6 is 0 Å². The van der Waals surface area contributed by atoms with Gasteiger partial charge < -0.3 is 4.74 Å². The van der Waals surface area contributed by atoms with Crippen LogP contribution in [0.5, 0.6) is 5.75 Å². The second kappa shape index (κ2) is 6.28. The van der Waals surface area contributed by atoms with Crippen LogP contribution in [-0.4, -0.2) is 6.61 Å². The van der Waals surface area contributed by atoms with E-state index in [1.54, 1.807) is 12.1 Å². The van der Waals surface area contributed by atoms with Gasteiger partial charge in [-0.15, -0.1) is 0 Å². The van der Waals surface area contributed by atoms with E-state index in [1.165, 1.54) is 25.7 Å². The molecule has 21 heavy (non-hydrogen) atoms. The fourth-order valence-electron chi connectivity index (χ4n) is 4.22. The highest BCUT2D eigenvalue weighted by molar-refractivity contribution is 5.36. The first kappa shape index (κ1) is 14.7. The van der Waals surface area contributed by atoms with Crippen molar-refractivity contribution in [2.24, 2.45) is 23.6 Å². The molecule has 0 saturated heterocycles. The van der Waals surface area contributed by atoms with E-state index in [1.807, 2.05) is 12.1 Å². The minimum absolute atomic E-state index is 0.135. The van der Waals surface area contributed by atoms with Crippen molar-refractivity contribution >= 4 is 0 Å². The number of rotatable bonds is 6. The largest absolute Gasteiger partial charge is 0.434 e. The topological polar surface area (TPSA) is 47.3 Å². The lowest BCUT2D eigenvalue weighted by Crippen LogP contribution is -2.31. The van der Waals surface area contributed by atoms with Gasteiger partial charge in [-0.05, 0) is 49.5 Å². The average Bonchev–Trinajstić information content (AvgIpc) is 3.07. The smallest absolute Gasteiger partial charge is 0.387 e. The summed E-state index contributed by atoms with van der Waals surface area (Å²) in [6.07, 6.45) is 6.13. The molecule has 2 bridgehead atoms. The van der Waals surface area contributed by atoms with Gasteiger partial charge in [0.05, 0.1) is 0 Å². The molecule has 0 aliphatic heterocycles. The fraction of sp³-hybridized carbons (Fsp3) is 0.625. The molecule has 116 valence electrons. The van der Waals surface area contributed by atoms with Gasteiger partial charge in [-0.25, -0.2) is 0 Å². The molecule has 5 heteroatoms. The second-order valence-electron chi connectivity index (χ2n) is 6.31. The van der Waals surface area contributed by atoms with Crippen molar-refractivity contribution < 1.29 is 13.5 Å². The minimum Gasteiger partial charge on any atom is -0.434 e. The highest BCUT2D eigenvalue weighted by Gasteiger charge is 2.40. The summed E-state index contributed by atoms with van der Waals surface area (Å²) in [5.41, 5.74) is 3.52. The lowest BCUT2D eigenvalue weighted by Gasteiger charge is -2.27. The normalized spacial score (nSPS) is 29.0. The van der Waals surface area contributed by atoms with Gasteiger partial charge >= 0.3 is 6.61 Å². The summed E-state index contributed by atoms with van der Waals surface area (Å²) in [5, 5.41) is 0. The van der Waals surface area contributed by atoms with Crippen molar-refractivity contribution in [2.75, 3.05) is 0 Å². The molecule has 2 aliphatic carbocycles. The zero-order valence-corrected chi connectivity index (χ0v) is 12.0. The van der Waals surface area contributed by atoms with Gasteiger partial charge in [0, 0.05) is 11.6 Å². The predicted molar refractivity (Wildman–Crippen MR) is 76.7 cm³/mol. The van der Waals surface area contributed by atoms with Crippen LogP contribution < -0.4 is 16.0 Å². The van der Waals surface area contributed by atoms with Gasteiger partial charge in [0.1, 0.15) is 5.75 Å². The summed E-state index contributed by atoms with van der Waals surface area (Å²) in [6, 6.07) is 6.79. The Bertz CT molecular complexity index is 483. The third-order valence-electron chi connectivity index (χ3n) is 5.13. The van der Waals surface area contributed by atoms with Gasteiger partial charge in [-0.3, -0.25) is 11.3 Å². The molecule has 3 N–H and O–H groups in total. The second-order valence-corrected chi connectivity index (χ2v) is 6.31. The van der Waals surface area contributed by atoms with Crippen molar-refractivity contribution in [3.63, 3.8) is 0 Å². The zero-order chi connectivity index (χ0) is 14.8. The molecule has 2 fully saturated rings. The van der Waals surface area contributed by atoms with Crippen LogP contribution in [0.2, 0.25) is 0 Å². The molecule has 0 amide bonds. The van der Waals surface area contributed by atoms with Crippen LogP contribution in [0.25, 0.3) is 0 Å². The summed E-state index contributed by atoms with van der Waals surface area (Å²) < 4.78 is 29.7. The minimum atomic E-state index is -2.81. The van der Waals surface area contributed by atoms with E-state index >= 15 is 0 Å². The van der Waals surface area contributed by atoms with Gasteiger partial charge in [-0.2, -0.15) is 8.78 Å². The van der Waals surface area contributed by atoms with Gasteiger partial charge in [0.25, 0.3) is 0 Å². The monoisotopic (exact) mass is 296 g/mol. The molecule has 0 spiro atoms. The molecule has 3 rings (SSSR count). The maximum atomic E-state index is 12.5. The van der Waals surface area contributed by atoms with Crippen molar-refractivity contribution in [3.8, 4) is 5.75 Å². The van der Waals surface area contributed by atoms with Crippen LogP contribution in [-0.2, 0) is 0 Å². The number of hydrazine groups is 1. The molecule has 0 radical (unpaired) electrons. The number of nitrogens with two attached hydrogens (primary N) is 1. The number of alkyl halides is 2. The first-order chi connectivity index (χ1) is 10.2. The van der Waals surface area contributed by atoms with Gasteiger partial charge in [0.2, 0.25) is 0 Å². The Hall–Kier alpha value is -1.20. The van der Waals surface area contributed by atoms with Crippen LogP contribution in [0.1, 0.15) is 43.7 Å². The number of hydrogen-bond acceptors (Lipinski definition) is 3. The molecule has 2 aliphatic rings. The van der Waals surface area contributed by atoms with Crippen LogP contribution in [0.4, 0.5) is 8.78 Å². The summed E-state index contributed by atoms with van der Waals surface area (Å²) in [6.45, 7) is -2.81. The summed E-state index contributed by atoms with van der Waals surface area (Å²) >= 11 is 0. The maximum absolute atomic E-state index is 12.5. The van der Waals surface area contributed by atoms with Crippen molar-refractivity contribution in [1.82, 2.24) is 5.43 Å². The molecular formula is C16H22F2N2O. The maximum Gasteiger partial charge on any atom is 0.387 e. The number of nitrogens with one attached hydrogen (secondary N) is 1. The lowest BCUT2D eigenvalue weighted by molar-refractivity contribution is -0.0508. The molecule has 0 aromatic heterocycles. The van der Waals surface area contributed by atoms with E-state index < -0.39 is 6.61 Å². The Balaban J connectivity index is 1.73. The Morgan fingerprint density at radius 3 is 2.67 bits per heavy atom. The van der Waals surface area contributed by atoms with Crippen molar-refractivity contribution in [2.45, 2.75) is 44.8 Å². The Labute approximate surface area is 123 Å². The van der Waals surface area contributed by atoms with Crippen LogP contribution in [0.15, 0.2) is 24.3 Å². The standard InChI is InChI=1S/C16H22F2N2O/c17-16(18)21-15-4-2-1-3-13(15)14(20-19)9-12-8-10-5-6-11(12)7-10/h1-4,10-12,14,16,20H,5-9,19H2. The highest BCUT2D eigenvalue weighted by Crippen LogP contribution is 2.51. The van der Waals surface area contributed by atoms with Crippen molar-refractivity contribution in [1.29, 1.82) is 0 Å². The number of hydrogen-bond donors (Lipinski definition) is 2. The van der Waals surface area contributed by atoms with E-state index in [2.05, 4.69) is 10.2 Å².